The molecule has 2 atom stereocenters. The molecule has 96 valence electrons. The van der Waals surface area contributed by atoms with Crippen molar-refractivity contribution in [3.63, 3.8) is 0 Å². The van der Waals surface area contributed by atoms with Gasteiger partial charge in [0.15, 0.2) is 0 Å². The van der Waals surface area contributed by atoms with E-state index in [1.165, 1.54) is 22.8 Å². The zero-order valence-electron chi connectivity index (χ0n) is 10.3. The van der Waals surface area contributed by atoms with E-state index in [-0.39, 0.29) is 17.9 Å². The largest absolute Gasteiger partial charge is 0.305 e. The van der Waals surface area contributed by atoms with E-state index < -0.39 is 0 Å². The number of nitrogens with zero attached hydrogens (tertiary/aromatic N) is 1. The first-order valence-corrected chi connectivity index (χ1v) is 7.53. The third-order valence-corrected chi connectivity index (χ3v) is 4.60. The maximum Gasteiger partial charge on any atom is 0.246 e. The second-order valence-corrected chi connectivity index (χ2v) is 5.93. The molecule has 4 nitrogen and oxygen atoms in total. The van der Waals surface area contributed by atoms with Crippen LogP contribution in [0.4, 0.5) is 0 Å². The number of nitrogens with one attached hydrogen (secondary N) is 1. The van der Waals surface area contributed by atoms with Gasteiger partial charge in [0.05, 0.1) is 12.5 Å². The maximum absolute atomic E-state index is 11.9. The fraction of sp³-hybridized carbons (Fsp3) is 0.833. The molecule has 0 spiro atoms. The summed E-state index contributed by atoms with van der Waals surface area (Å²) in [5, 5.41) is 3.27. The normalized spacial score (nSPS) is 29.4. The smallest absolute Gasteiger partial charge is 0.246 e. The van der Waals surface area contributed by atoms with Crippen LogP contribution in [0.2, 0.25) is 0 Å². The molecule has 2 unspecified atom stereocenters. The van der Waals surface area contributed by atoms with Crippen molar-refractivity contribution < 1.29 is 9.59 Å². The van der Waals surface area contributed by atoms with Gasteiger partial charge in [0.2, 0.25) is 11.8 Å². The van der Waals surface area contributed by atoms with Crippen molar-refractivity contribution in [3.05, 3.63) is 0 Å². The molecule has 2 aliphatic heterocycles. The molecule has 0 aromatic carbocycles. The minimum atomic E-state index is -0.264. The van der Waals surface area contributed by atoms with E-state index in [1.54, 1.807) is 0 Å². The summed E-state index contributed by atoms with van der Waals surface area (Å²) < 4.78 is 0. The van der Waals surface area contributed by atoms with Crippen molar-refractivity contribution >= 4 is 23.6 Å². The van der Waals surface area contributed by atoms with E-state index in [0.717, 1.165) is 13.0 Å². The minimum absolute atomic E-state index is 0.0184. The molecule has 2 fully saturated rings. The number of carbonyl (C=O) groups is 2. The Morgan fingerprint density at radius 2 is 2.29 bits per heavy atom. The van der Waals surface area contributed by atoms with Gasteiger partial charge in [-0.25, -0.2) is 0 Å². The van der Waals surface area contributed by atoms with Gasteiger partial charge in [-0.2, -0.15) is 11.8 Å². The number of amides is 2. The Morgan fingerprint density at radius 3 is 2.94 bits per heavy atom. The Balaban J connectivity index is 1.81. The van der Waals surface area contributed by atoms with Crippen LogP contribution in [0.15, 0.2) is 0 Å². The lowest BCUT2D eigenvalue weighted by Gasteiger charge is -2.16. The number of hydrogen-bond acceptors (Lipinski definition) is 4. The van der Waals surface area contributed by atoms with Gasteiger partial charge in [-0.3, -0.25) is 14.5 Å². The highest BCUT2D eigenvalue weighted by molar-refractivity contribution is 7.99. The van der Waals surface area contributed by atoms with Gasteiger partial charge in [0.1, 0.15) is 0 Å². The molecular formula is C12H20N2O2S. The van der Waals surface area contributed by atoms with Crippen molar-refractivity contribution in [1.29, 1.82) is 0 Å². The van der Waals surface area contributed by atoms with Gasteiger partial charge in [-0.15, -0.1) is 0 Å². The van der Waals surface area contributed by atoms with E-state index in [1.807, 2.05) is 18.7 Å². The summed E-state index contributed by atoms with van der Waals surface area (Å²) >= 11 is 1.97. The third-order valence-electron chi connectivity index (χ3n) is 3.37. The summed E-state index contributed by atoms with van der Waals surface area (Å²) in [6.45, 7) is 3.42. The lowest BCUT2D eigenvalue weighted by molar-refractivity contribution is -0.138. The Bertz CT molecular complexity index is 303. The average molecular weight is 256 g/mol. The molecule has 2 saturated heterocycles. The molecular weight excluding hydrogens is 236 g/mol. The molecule has 2 aliphatic rings. The quantitative estimate of drug-likeness (QED) is 0.742. The number of rotatable bonds is 5. The molecule has 2 heterocycles. The summed E-state index contributed by atoms with van der Waals surface area (Å²) in [5.74, 6) is 3.03. The van der Waals surface area contributed by atoms with E-state index >= 15 is 0 Å². The highest BCUT2D eigenvalue weighted by atomic mass is 32.2. The fourth-order valence-electron chi connectivity index (χ4n) is 2.35. The van der Waals surface area contributed by atoms with Crippen molar-refractivity contribution in [2.24, 2.45) is 5.92 Å². The Morgan fingerprint density at radius 1 is 1.47 bits per heavy atom. The molecule has 2 rings (SSSR count). The van der Waals surface area contributed by atoms with Crippen molar-refractivity contribution in [2.75, 3.05) is 24.6 Å². The lowest BCUT2D eigenvalue weighted by Crippen LogP contribution is -2.40. The molecule has 0 aromatic heterocycles. The standard InChI is InChI=1S/C12H20N2O2S/c1-2-4-14-11(15)6-10(12(14)16)13-7-9-3-5-17-8-9/h9-10,13H,2-8H2,1H3. The maximum atomic E-state index is 11.9. The molecule has 0 aliphatic carbocycles. The molecule has 0 radical (unpaired) electrons. The summed E-state index contributed by atoms with van der Waals surface area (Å²) in [7, 11) is 0. The van der Waals surface area contributed by atoms with Gasteiger partial charge in [-0.1, -0.05) is 6.92 Å². The topological polar surface area (TPSA) is 49.4 Å². The van der Waals surface area contributed by atoms with Crippen molar-refractivity contribution in [2.45, 2.75) is 32.2 Å². The molecule has 1 N–H and O–H groups in total. The van der Waals surface area contributed by atoms with Crippen LogP contribution in [-0.4, -0.2) is 47.4 Å². The van der Waals surface area contributed by atoms with Crippen LogP contribution in [0, 0.1) is 5.92 Å². The van der Waals surface area contributed by atoms with Crippen molar-refractivity contribution in [1.82, 2.24) is 10.2 Å². The first kappa shape index (κ1) is 12.9. The van der Waals surface area contributed by atoms with Gasteiger partial charge in [-0.05, 0) is 36.8 Å². The number of thioether (sulfide) groups is 1. The summed E-state index contributed by atoms with van der Waals surface area (Å²) in [4.78, 5) is 25.0. The first-order valence-electron chi connectivity index (χ1n) is 6.37. The van der Waals surface area contributed by atoms with Gasteiger partial charge in [0.25, 0.3) is 0 Å². The molecule has 0 aromatic rings. The van der Waals surface area contributed by atoms with E-state index in [2.05, 4.69) is 5.32 Å². The zero-order valence-corrected chi connectivity index (χ0v) is 11.1. The number of hydrogen-bond donors (Lipinski definition) is 1. The van der Waals surface area contributed by atoms with E-state index in [9.17, 15) is 9.59 Å². The van der Waals surface area contributed by atoms with Crippen LogP contribution in [0.1, 0.15) is 26.2 Å². The van der Waals surface area contributed by atoms with E-state index in [4.69, 9.17) is 0 Å². The number of imide groups is 1. The summed E-state index contributed by atoms with van der Waals surface area (Å²) in [6.07, 6.45) is 2.41. The zero-order chi connectivity index (χ0) is 12.3. The van der Waals surface area contributed by atoms with Crippen LogP contribution in [0.25, 0.3) is 0 Å². The highest BCUT2D eigenvalue weighted by Crippen LogP contribution is 2.23. The Kier molecular flexibility index (Phi) is 4.45. The van der Waals surface area contributed by atoms with Crippen LogP contribution in [-0.2, 0) is 9.59 Å². The van der Waals surface area contributed by atoms with Crippen LogP contribution in [0.5, 0.6) is 0 Å². The van der Waals surface area contributed by atoms with Crippen LogP contribution >= 0.6 is 11.8 Å². The van der Waals surface area contributed by atoms with Crippen LogP contribution < -0.4 is 5.32 Å². The lowest BCUT2D eigenvalue weighted by atomic mass is 10.1. The molecule has 5 heteroatoms. The summed E-state index contributed by atoms with van der Waals surface area (Å²) in [5.41, 5.74) is 0. The summed E-state index contributed by atoms with van der Waals surface area (Å²) in [6, 6.07) is -0.264. The van der Waals surface area contributed by atoms with E-state index in [0.29, 0.717) is 18.9 Å². The minimum Gasteiger partial charge on any atom is -0.305 e. The second-order valence-electron chi connectivity index (χ2n) is 4.78. The SMILES string of the molecule is CCCN1C(=O)CC(NCC2CCSC2)C1=O. The predicted molar refractivity (Wildman–Crippen MR) is 68.9 cm³/mol. The fourth-order valence-corrected chi connectivity index (χ4v) is 3.64. The molecule has 17 heavy (non-hydrogen) atoms. The average Bonchev–Trinajstić information content (AvgIpc) is 2.90. The third kappa shape index (κ3) is 3.01. The first-order chi connectivity index (χ1) is 8.22. The highest BCUT2D eigenvalue weighted by Gasteiger charge is 2.37. The molecule has 0 saturated carbocycles. The number of likely N-dealkylation sites (tertiary alicyclic amines) is 1. The van der Waals surface area contributed by atoms with Gasteiger partial charge < -0.3 is 5.32 Å². The van der Waals surface area contributed by atoms with Gasteiger partial charge in [0, 0.05) is 6.54 Å². The Hall–Kier alpha value is -0.550. The van der Waals surface area contributed by atoms with Gasteiger partial charge >= 0.3 is 0 Å². The van der Waals surface area contributed by atoms with Crippen molar-refractivity contribution in [3.8, 4) is 0 Å². The van der Waals surface area contributed by atoms with Crippen LogP contribution in [0.3, 0.4) is 0 Å². The second kappa shape index (κ2) is 5.87. The number of carbonyl (C=O) groups excluding carboxylic acids is 2. The molecule has 2 amide bonds. The Labute approximate surface area is 106 Å². The molecule has 0 bridgehead atoms. The monoisotopic (exact) mass is 256 g/mol. The predicted octanol–water partition coefficient (Wildman–Crippen LogP) is 0.867.